The first-order chi connectivity index (χ1) is 8.06. The number of nitrogens with zero attached hydrogens (tertiary/aromatic N) is 1. The molecule has 0 aliphatic rings. The zero-order valence-corrected chi connectivity index (χ0v) is 9.99. The van der Waals surface area contributed by atoms with Crippen LogP contribution in [0.2, 0.25) is 0 Å². The number of aromatic amines is 1. The minimum atomic E-state index is -0.669. The second-order valence-electron chi connectivity index (χ2n) is 3.77. The third-order valence-electron chi connectivity index (χ3n) is 2.60. The summed E-state index contributed by atoms with van der Waals surface area (Å²) < 4.78 is 1.06. The number of aromatic hydroxyl groups is 1. The highest BCUT2D eigenvalue weighted by Crippen LogP contribution is 2.18. The quantitative estimate of drug-likeness (QED) is 0.758. The molecule has 1 rings (SSSR count). The van der Waals surface area contributed by atoms with Gasteiger partial charge in [-0.25, -0.2) is 9.36 Å². The summed E-state index contributed by atoms with van der Waals surface area (Å²) in [7, 11) is 0. The second kappa shape index (κ2) is 5.39. The molecule has 92 valence electrons. The molecule has 0 bridgehead atoms. The number of H-pyrrole nitrogens is 1. The van der Waals surface area contributed by atoms with Crippen molar-refractivity contribution in [3.8, 4) is 18.2 Å². The van der Waals surface area contributed by atoms with Crippen LogP contribution in [0.15, 0.2) is 9.59 Å². The molecule has 0 saturated heterocycles. The van der Waals surface area contributed by atoms with Gasteiger partial charge in [-0.2, -0.15) is 0 Å². The molecule has 0 amide bonds. The average molecular weight is 236 g/mol. The van der Waals surface area contributed by atoms with Gasteiger partial charge in [0, 0.05) is 0 Å². The number of rotatable bonds is 4. The fourth-order valence-electron chi connectivity index (χ4n) is 1.72. The van der Waals surface area contributed by atoms with E-state index >= 15 is 0 Å². The lowest BCUT2D eigenvalue weighted by Gasteiger charge is -2.15. The Morgan fingerprint density at radius 2 is 2.12 bits per heavy atom. The zero-order valence-electron chi connectivity index (χ0n) is 9.99. The lowest BCUT2D eigenvalue weighted by atomic mass is 10.1. The van der Waals surface area contributed by atoms with E-state index < -0.39 is 17.3 Å². The van der Waals surface area contributed by atoms with Crippen molar-refractivity contribution in [1.29, 1.82) is 0 Å². The molecule has 1 aromatic heterocycles. The molecule has 1 atom stereocenters. The van der Waals surface area contributed by atoms with E-state index in [1.807, 2.05) is 6.92 Å². The summed E-state index contributed by atoms with van der Waals surface area (Å²) >= 11 is 0. The summed E-state index contributed by atoms with van der Waals surface area (Å²) in [4.78, 5) is 25.3. The maximum absolute atomic E-state index is 11.6. The van der Waals surface area contributed by atoms with E-state index in [4.69, 9.17) is 6.42 Å². The monoisotopic (exact) mass is 236 g/mol. The Kier molecular flexibility index (Phi) is 4.16. The van der Waals surface area contributed by atoms with Crippen LogP contribution in [-0.2, 0) is 6.42 Å². The Morgan fingerprint density at radius 1 is 1.47 bits per heavy atom. The molecular formula is C12H16N2O3. The summed E-state index contributed by atoms with van der Waals surface area (Å²) in [5.41, 5.74) is -1.00. The van der Waals surface area contributed by atoms with Crippen LogP contribution in [0.25, 0.3) is 0 Å². The zero-order chi connectivity index (χ0) is 13.0. The van der Waals surface area contributed by atoms with E-state index in [-0.39, 0.29) is 11.4 Å². The van der Waals surface area contributed by atoms with Gasteiger partial charge in [0.25, 0.3) is 5.56 Å². The van der Waals surface area contributed by atoms with Gasteiger partial charge in [0.2, 0.25) is 5.88 Å². The molecule has 0 saturated carbocycles. The Labute approximate surface area is 99.1 Å². The first-order valence-electron chi connectivity index (χ1n) is 5.59. The van der Waals surface area contributed by atoms with Crippen molar-refractivity contribution in [2.24, 2.45) is 0 Å². The van der Waals surface area contributed by atoms with Crippen molar-refractivity contribution in [3.05, 3.63) is 26.4 Å². The maximum Gasteiger partial charge on any atom is 0.332 e. The number of hydrogen-bond donors (Lipinski definition) is 2. The van der Waals surface area contributed by atoms with Gasteiger partial charge in [-0.3, -0.25) is 9.78 Å². The SMILES string of the molecule is C#CC(CC)n1c(O)c(CCC)c(=O)[nH]c1=O. The van der Waals surface area contributed by atoms with Gasteiger partial charge in [0.15, 0.2) is 0 Å². The lowest BCUT2D eigenvalue weighted by Crippen LogP contribution is -2.34. The molecule has 5 nitrogen and oxygen atoms in total. The van der Waals surface area contributed by atoms with E-state index in [0.29, 0.717) is 19.3 Å². The maximum atomic E-state index is 11.6. The predicted molar refractivity (Wildman–Crippen MR) is 65.1 cm³/mol. The molecule has 0 radical (unpaired) electrons. The molecule has 1 aromatic rings. The van der Waals surface area contributed by atoms with Crippen LogP contribution < -0.4 is 11.2 Å². The minimum Gasteiger partial charge on any atom is -0.494 e. The van der Waals surface area contributed by atoms with E-state index in [1.54, 1.807) is 6.92 Å². The predicted octanol–water partition coefficient (Wildman–Crippen LogP) is 0.779. The molecular weight excluding hydrogens is 220 g/mol. The van der Waals surface area contributed by atoms with E-state index in [9.17, 15) is 14.7 Å². The molecule has 0 aromatic carbocycles. The largest absolute Gasteiger partial charge is 0.494 e. The van der Waals surface area contributed by atoms with Crippen molar-refractivity contribution in [3.63, 3.8) is 0 Å². The summed E-state index contributed by atoms with van der Waals surface area (Å²) in [6, 6.07) is -0.546. The normalized spacial score (nSPS) is 12.1. The van der Waals surface area contributed by atoms with Crippen LogP contribution in [0.1, 0.15) is 38.3 Å². The van der Waals surface area contributed by atoms with E-state index in [2.05, 4.69) is 10.9 Å². The first kappa shape index (κ1) is 13.1. The standard InChI is InChI=1S/C12H16N2O3/c1-4-7-9-10(15)13-12(17)14(11(9)16)8(5-2)6-3/h2,8,16H,4,6-7H2,1,3H3,(H,13,15,17). The summed E-state index contributed by atoms with van der Waals surface area (Å²) in [5.74, 6) is 2.10. The van der Waals surface area contributed by atoms with Crippen LogP contribution in [-0.4, -0.2) is 14.7 Å². The van der Waals surface area contributed by atoms with Crippen molar-refractivity contribution in [2.45, 2.75) is 39.2 Å². The molecule has 17 heavy (non-hydrogen) atoms. The Balaban J connectivity index is 3.52. The molecule has 0 fully saturated rings. The number of terminal acetylenes is 1. The first-order valence-corrected chi connectivity index (χ1v) is 5.59. The van der Waals surface area contributed by atoms with E-state index in [0.717, 1.165) is 4.57 Å². The lowest BCUT2D eigenvalue weighted by molar-refractivity contribution is 0.378. The Morgan fingerprint density at radius 3 is 2.59 bits per heavy atom. The Hall–Kier alpha value is -1.96. The molecule has 5 heteroatoms. The summed E-state index contributed by atoms with van der Waals surface area (Å²) in [5, 5.41) is 9.96. The third kappa shape index (κ3) is 2.41. The van der Waals surface area contributed by atoms with Gasteiger partial charge in [0.1, 0.15) is 6.04 Å². The minimum absolute atomic E-state index is 0.209. The Bertz CT molecular complexity index is 548. The fourth-order valence-corrected chi connectivity index (χ4v) is 1.72. The second-order valence-corrected chi connectivity index (χ2v) is 3.77. The van der Waals surface area contributed by atoms with Gasteiger partial charge in [-0.1, -0.05) is 26.2 Å². The molecule has 1 heterocycles. The fraction of sp³-hybridized carbons (Fsp3) is 0.500. The van der Waals surface area contributed by atoms with Gasteiger partial charge < -0.3 is 5.11 Å². The molecule has 2 N–H and O–H groups in total. The molecule has 0 spiro atoms. The highest BCUT2D eigenvalue weighted by Gasteiger charge is 2.17. The van der Waals surface area contributed by atoms with Gasteiger partial charge in [-0.15, -0.1) is 6.42 Å². The average Bonchev–Trinajstić information content (AvgIpc) is 2.29. The van der Waals surface area contributed by atoms with Gasteiger partial charge in [-0.05, 0) is 12.8 Å². The highest BCUT2D eigenvalue weighted by atomic mass is 16.3. The molecule has 0 aliphatic heterocycles. The number of aromatic nitrogens is 2. The van der Waals surface area contributed by atoms with Gasteiger partial charge in [0.05, 0.1) is 5.56 Å². The number of hydrogen-bond acceptors (Lipinski definition) is 3. The van der Waals surface area contributed by atoms with Crippen molar-refractivity contribution in [1.82, 2.24) is 9.55 Å². The molecule has 1 unspecified atom stereocenters. The topological polar surface area (TPSA) is 75.1 Å². The van der Waals surface area contributed by atoms with Gasteiger partial charge >= 0.3 is 5.69 Å². The smallest absolute Gasteiger partial charge is 0.332 e. The third-order valence-corrected chi connectivity index (χ3v) is 2.60. The molecule has 0 aliphatic carbocycles. The van der Waals surface area contributed by atoms with Crippen molar-refractivity contribution < 1.29 is 5.11 Å². The van der Waals surface area contributed by atoms with Crippen LogP contribution in [0.3, 0.4) is 0 Å². The summed E-state index contributed by atoms with van der Waals surface area (Å²) in [6.45, 7) is 3.69. The summed E-state index contributed by atoms with van der Waals surface area (Å²) in [6.07, 6.45) is 6.91. The van der Waals surface area contributed by atoms with E-state index in [1.165, 1.54) is 0 Å². The van der Waals surface area contributed by atoms with Crippen LogP contribution in [0.4, 0.5) is 0 Å². The van der Waals surface area contributed by atoms with Crippen LogP contribution in [0.5, 0.6) is 5.88 Å². The highest BCUT2D eigenvalue weighted by molar-refractivity contribution is 5.24. The van der Waals surface area contributed by atoms with Crippen LogP contribution in [0, 0.1) is 12.3 Å². The van der Waals surface area contributed by atoms with Crippen molar-refractivity contribution in [2.75, 3.05) is 0 Å². The van der Waals surface area contributed by atoms with Crippen LogP contribution >= 0.6 is 0 Å². The van der Waals surface area contributed by atoms with Crippen molar-refractivity contribution >= 4 is 0 Å². The number of nitrogens with one attached hydrogen (secondary N) is 1.